The number of rotatable bonds is 5. The molecule has 0 bridgehead atoms. The number of benzene rings is 2. The molecule has 10 heteroatoms. The zero-order valence-electron chi connectivity index (χ0n) is 17.4. The van der Waals surface area contributed by atoms with E-state index >= 15 is 0 Å². The average Bonchev–Trinajstić information content (AvgIpc) is 3.10. The molecule has 31 heavy (non-hydrogen) atoms. The molecule has 3 rings (SSSR count). The Morgan fingerprint density at radius 3 is 2.48 bits per heavy atom. The Hall–Kier alpha value is -3.69. The van der Waals surface area contributed by atoms with Gasteiger partial charge in [0.15, 0.2) is 5.82 Å². The number of nitrogens with zero attached hydrogens (tertiary/aromatic N) is 1. The molecule has 1 heterocycles. The maximum absolute atomic E-state index is 12.8. The topological polar surface area (TPSA) is 105 Å². The van der Waals surface area contributed by atoms with Gasteiger partial charge in [-0.2, -0.15) is 0 Å². The largest absolute Gasteiger partial charge is 0.495 e. The van der Waals surface area contributed by atoms with Gasteiger partial charge in [0.25, 0.3) is 12.3 Å². The van der Waals surface area contributed by atoms with E-state index in [1.54, 1.807) is 32.9 Å². The molecule has 1 aromatic heterocycles. The van der Waals surface area contributed by atoms with E-state index in [1.807, 2.05) is 0 Å². The third-order valence-corrected chi connectivity index (χ3v) is 4.06. The number of H-pyrrole nitrogens is 1. The van der Waals surface area contributed by atoms with E-state index in [9.17, 15) is 18.4 Å². The predicted octanol–water partition coefficient (Wildman–Crippen LogP) is 5.11. The molecule has 0 aliphatic carbocycles. The lowest BCUT2D eigenvalue weighted by atomic mass is 10.1. The lowest BCUT2D eigenvalue weighted by Crippen LogP contribution is -2.27. The number of aromatic amines is 1. The first-order chi connectivity index (χ1) is 14.6. The summed E-state index contributed by atoms with van der Waals surface area (Å²) in [6.45, 7) is 5.21. The molecule has 0 spiro atoms. The Balaban J connectivity index is 1.79. The maximum Gasteiger partial charge on any atom is 0.412 e. The van der Waals surface area contributed by atoms with Gasteiger partial charge in [0, 0.05) is 11.3 Å². The van der Waals surface area contributed by atoms with Crippen LogP contribution in [0.4, 0.5) is 25.0 Å². The normalized spacial score (nSPS) is 11.5. The maximum atomic E-state index is 12.8. The summed E-state index contributed by atoms with van der Waals surface area (Å²) >= 11 is 0. The van der Waals surface area contributed by atoms with Crippen molar-refractivity contribution in [1.82, 2.24) is 9.97 Å². The van der Waals surface area contributed by atoms with E-state index in [1.165, 1.54) is 31.4 Å². The fraction of sp³-hybridized carbons (Fsp3) is 0.286. The van der Waals surface area contributed by atoms with Crippen molar-refractivity contribution < 1.29 is 27.8 Å². The van der Waals surface area contributed by atoms with Crippen LogP contribution in [0, 0.1) is 0 Å². The van der Waals surface area contributed by atoms with Gasteiger partial charge in [-0.3, -0.25) is 10.1 Å². The lowest BCUT2D eigenvalue weighted by Gasteiger charge is -2.20. The molecule has 2 amide bonds. The fourth-order valence-corrected chi connectivity index (χ4v) is 2.77. The molecule has 3 aromatic rings. The molecule has 164 valence electrons. The highest BCUT2D eigenvalue weighted by Gasteiger charge is 2.18. The van der Waals surface area contributed by atoms with E-state index in [0.717, 1.165) is 0 Å². The Bertz CT molecular complexity index is 1120. The number of carbonyl (C=O) groups is 2. The molecule has 3 N–H and O–H groups in total. The predicted molar refractivity (Wildman–Crippen MR) is 112 cm³/mol. The van der Waals surface area contributed by atoms with Crippen molar-refractivity contribution in [2.45, 2.75) is 32.8 Å². The number of methoxy groups -OCH3 is 1. The molecule has 0 fully saturated rings. The van der Waals surface area contributed by atoms with Crippen molar-refractivity contribution in [3.8, 4) is 5.75 Å². The van der Waals surface area contributed by atoms with E-state index in [4.69, 9.17) is 9.47 Å². The number of nitrogens with one attached hydrogen (secondary N) is 3. The van der Waals surface area contributed by atoms with Crippen LogP contribution >= 0.6 is 0 Å². The highest BCUT2D eigenvalue weighted by molar-refractivity contribution is 6.06. The highest BCUT2D eigenvalue weighted by Crippen LogP contribution is 2.29. The molecule has 0 saturated heterocycles. The molecule has 0 radical (unpaired) electrons. The molecule has 0 saturated carbocycles. The second kappa shape index (κ2) is 8.58. The van der Waals surface area contributed by atoms with Crippen LogP contribution in [0.25, 0.3) is 11.0 Å². The third kappa shape index (κ3) is 5.47. The van der Waals surface area contributed by atoms with Gasteiger partial charge in [0.05, 0.1) is 23.8 Å². The molecule has 0 atom stereocenters. The van der Waals surface area contributed by atoms with E-state index in [-0.39, 0.29) is 5.56 Å². The van der Waals surface area contributed by atoms with E-state index < -0.39 is 29.9 Å². The second-order valence-electron chi connectivity index (χ2n) is 7.65. The summed E-state index contributed by atoms with van der Waals surface area (Å²) in [7, 11) is 1.45. The van der Waals surface area contributed by atoms with Gasteiger partial charge in [-0.05, 0) is 57.2 Å². The summed E-state index contributed by atoms with van der Waals surface area (Å²) in [6.07, 6.45) is -3.41. The number of carbonyl (C=O) groups excluding carboxylic acids is 2. The van der Waals surface area contributed by atoms with Crippen LogP contribution in [0.3, 0.4) is 0 Å². The Labute approximate surface area is 176 Å². The standard InChI is InChI=1S/C21H22F2N4O4/c1-21(2,3)31-20(29)27-15-10-12(6-8-16(15)30-4)24-19(28)11-5-7-13-14(9-11)26-18(25-13)17(22)23/h5-10,17H,1-4H3,(H,24,28)(H,25,26)(H,27,29). The number of hydrogen-bond donors (Lipinski definition) is 3. The first-order valence-electron chi connectivity index (χ1n) is 9.33. The zero-order chi connectivity index (χ0) is 22.8. The Kier molecular flexibility index (Phi) is 6.09. The molecular weight excluding hydrogens is 410 g/mol. The van der Waals surface area contributed by atoms with Crippen molar-refractivity contribution in [2.24, 2.45) is 0 Å². The SMILES string of the molecule is COc1ccc(NC(=O)c2ccc3nc(C(F)F)[nH]c3c2)cc1NC(=O)OC(C)(C)C. The quantitative estimate of drug-likeness (QED) is 0.520. The van der Waals surface area contributed by atoms with Gasteiger partial charge in [-0.1, -0.05) is 0 Å². The second-order valence-corrected chi connectivity index (χ2v) is 7.65. The van der Waals surface area contributed by atoms with Gasteiger partial charge in [0.2, 0.25) is 0 Å². The van der Waals surface area contributed by atoms with Crippen LogP contribution in [0.15, 0.2) is 36.4 Å². The fourth-order valence-electron chi connectivity index (χ4n) is 2.77. The highest BCUT2D eigenvalue weighted by atomic mass is 19.3. The van der Waals surface area contributed by atoms with Gasteiger partial charge in [-0.15, -0.1) is 0 Å². The summed E-state index contributed by atoms with van der Waals surface area (Å²) < 4.78 is 36.1. The number of anilines is 2. The van der Waals surface area contributed by atoms with Gasteiger partial charge in [0.1, 0.15) is 11.4 Å². The van der Waals surface area contributed by atoms with Crippen LogP contribution in [0.2, 0.25) is 0 Å². The van der Waals surface area contributed by atoms with Crippen LogP contribution in [-0.2, 0) is 4.74 Å². The van der Waals surface area contributed by atoms with Crippen LogP contribution in [0.5, 0.6) is 5.75 Å². The first kappa shape index (κ1) is 22.0. The number of halogens is 2. The van der Waals surface area contributed by atoms with Crippen molar-refractivity contribution in [2.75, 3.05) is 17.7 Å². The van der Waals surface area contributed by atoms with Gasteiger partial charge < -0.3 is 19.8 Å². The van der Waals surface area contributed by atoms with Crippen LogP contribution < -0.4 is 15.4 Å². The molecule has 0 unspecified atom stereocenters. The molecule has 8 nitrogen and oxygen atoms in total. The van der Waals surface area contributed by atoms with Crippen LogP contribution in [0.1, 0.15) is 43.4 Å². The van der Waals surface area contributed by atoms with Crippen LogP contribution in [-0.4, -0.2) is 34.7 Å². The van der Waals surface area contributed by atoms with Crippen molar-refractivity contribution in [3.05, 3.63) is 47.8 Å². The minimum atomic E-state index is -2.74. The Morgan fingerprint density at radius 2 is 1.84 bits per heavy atom. The summed E-state index contributed by atoms with van der Waals surface area (Å²) in [5.41, 5.74) is 0.910. The summed E-state index contributed by atoms with van der Waals surface area (Å²) in [5, 5.41) is 5.28. The van der Waals surface area contributed by atoms with E-state index in [0.29, 0.717) is 28.2 Å². The molecule has 2 aromatic carbocycles. The summed E-state index contributed by atoms with van der Waals surface area (Å²) in [4.78, 5) is 31.0. The Morgan fingerprint density at radius 1 is 1.10 bits per heavy atom. The molecular formula is C21H22F2N4O4. The summed E-state index contributed by atoms with van der Waals surface area (Å²) in [6, 6.07) is 9.10. The number of hydrogen-bond acceptors (Lipinski definition) is 5. The number of alkyl halides is 2. The van der Waals surface area contributed by atoms with Crippen molar-refractivity contribution >= 4 is 34.4 Å². The number of aromatic nitrogens is 2. The number of imidazole rings is 1. The average molecular weight is 432 g/mol. The van der Waals surface area contributed by atoms with Gasteiger partial charge >= 0.3 is 6.09 Å². The van der Waals surface area contributed by atoms with Crippen molar-refractivity contribution in [3.63, 3.8) is 0 Å². The third-order valence-electron chi connectivity index (χ3n) is 4.06. The summed E-state index contributed by atoms with van der Waals surface area (Å²) in [5.74, 6) is -0.550. The molecule has 0 aliphatic heterocycles. The number of ether oxygens (including phenoxy) is 2. The minimum Gasteiger partial charge on any atom is -0.495 e. The smallest absolute Gasteiger partial charge is 0.412 e. The van der Waals surface area contributed by atoms with E-state index in [2.05, 4.69) is 20.6 Å². The lowest BCUT2D eigenvalue weighted by molar-refractivity contribution is 0.0635. The molecule has 0 aliphatic rings. The van der Waals surface area contributed by atoms with Crippen molar-refractivity contribution in [1.29, 1.82) is 0 Å². The monoisotopic (exact) mass is 432 g/mol. The first-order valence-corrected chi connectivity index (χ1v) is 9.33. The number of amides is 2. The zero-order valence-corrected chi connectivity index (χ0v) is 17.4. The van der Waals surface area contributed by atoms with Gasteiger partial charge in [-0.25, -0.2) is 18.6 Å². The number of fused-ring (bicyclic) bond motifs is 1. The minimum absolute atomic E-state index is 0.245.